The number of nitrogens with zero attached hydrogens (tertiary/aromatic N) is 2. The minimum atomic E-state index is 0.479. The van der Waals surface area contributed by atoms with E-state index in [9.17, 15) is 0 Å². The van der Waals surface area contributed by atoms with Gasteiger partial charge in [-0.3, -0.25) is 4.90 Å². The topological polar surface area (TPSA) is 16.1 Å². The first kappa shape index (κ1) is 16.5. The molecule has 0 saturated carbocycles. The van der Waals surface area contributed by atoms with Gasteiger partial charge in [-0.25, -0.2) is 4.98 Å². The molecule has 0 aliphatic heterocycles. The molecule has 114 valence electrons. The van der Waals surface area contributed by atoms with E-state index in [1.807, 2.05) is 5.38 Å². The Morgan fingerprint density at radius 2 is 2.14 bits per heavy atom. The van der Waals surface area contributed by atoms with Crippen LogP contribution in [0.4, 0.5) is 0 Å². The Balaban J connectivity index is 2.17. The normalized spacial score (nSPS) is 12.9. The van der Waals surface area contributed by atoms with E-state index in [2.05, 4.69) is 55.9 Å². The van der Waals surface area contributed by atoms with Crippen LogP contribution >= 0.6 is 22.9 Å². The molecule has 0 N–H and O–H groups in total. The number of aromatic nitrogens is 1. The Morgan fingerprint density at radius 3 is 2.71 bits per heavy atom. The molecule has 1 atom stereocenters. The van der Waals surface area contributed by atoms with Gasteiger partial charge >= 0.3 is 0 Å². The van der Waals surface area contributed by atoms with Crippen LogP contribution in [0, 0.1) is 6.92 Å². The van der Waals surface area contributed by atoms with Crippen LogP contribution in [-0.4, -0.2) is 23.0 Å². The second kappa shape index (κ2) is 7.39. The summed E-state index contributed by atoms with van der Waals surface area (Å²) in [4.78, 5) is 6.95. The number of hydrogen-bond donors (Lipinski definition) is 0. The van der Waals surface area contributed by atoms with Crippen molar-refractivity contribution in [2.45, 2.75) is 45.7 Å². The van der Waals surface area contributed by atoms with Crippen LogP contribution in [0.5, 0.6) is 0 Å². The first-order valence-electron chi connectivity index (χ1n) is 7.35. The van der Waals surface area contributed by atoms with Gasteiger partial charge in [0.1, 0.15) is 5.01 Å². The number of hydrogen-bond acceptors (Lipinski definition) is 3. The molecule has 2 rings (SSSR count). The third-order valence-corrected chi connectivity index (χ3v) is 5.26. The molecule has 0 amide bonds. The van der Waals surface area contributed by atoms with Crippen LogP contribution in [0.1, 0.15) is 37.1 Å². The van der Waals surface area contributed by atoms with Crippen molar-refractivity contribution in [1.29, 1.82) is 0 Å². The summed E-state index contributed by atoms with van der Waals surface area (Å²) in [5, 5.41) is 3.08. The van der Waals surface area contributed by atoms with Gasteiger partial charge in [-0.05, 0) is 44.5 Å². The lowest BCUT2D eigenvalue weighted by molar-refractivity contribution is 0.243. The maximum atomic E-state index is 5.82. The quantitative estimate of drug-likeness (QED) is 0.689. The average Bonchev–Trinajstić information content (AvgIpc) is 2.97. The van der Waals surface area contributed by atoms with Crippen molar-refractivity contribution in [3.05, 3.63) is 40.4 Å². The lowest BCUT2D eigenvalue weighted by Crippen LogP contribution is -2.28. The molecule has 4 heteroatoms. The molecule has 2 nitrogen and oxygen atoms in total. The summed E-state index contributed by atoms with van der Waals surface area (Å²) in [6.07, 6.45) is 1.17. The van der Waals surface area contributed by atoms with Crippen molar-refractivity contribution < 1.29 is 0 Å². The molecular formula is C17H23ClN2S. The lowest BCUT2D eigenvalue weighted by Gasteiger charge is -2.24. The Labute approximate surface area is 136 Å². The molecule has 1 aromatic carbocycles. The summed E-state index contributed by atoms with van der Waals surface area (Å²) >= 11 is 7.48. The lowest BCUT2D eigenvalue weighted by atomic mass is 10.0. The highest BCUT2D eigenvalue weighted by Crippen LogP contribution is 2.27. The van der Waals surface area contributed by atoms with Gasteiger partial charge in [0.2, 0.25) is 0 Å². The maximum Gasteiger partial charge on any atom is 0.123 e. The van der Waals surface area contributed by atoms with Crippen LogP contribution in [0.2, 0.25) is 0 Å². The van der Waals surface area contributed by atoms with Crippen molar-refractivity contribution in [3.8, 4) is 10.6 Å². The van der Waals surface area contributed by atoms with Crippen molar-refractivity contribution in [1.82, 2.24) is 9.88 Å². The average molecular weight is 323 g/mol. The largest absolute Gasteiger partial charge is 0.299 e. The van der Waals surface area contributed by atoms with Crippen molar-refractivity contribution in [2.75, 3.05) is 7.05 Å². The van der Waals surface area contributed by atoms with Gasteiger partial charge in [-0.2, -0.15) is 0 Å². The summed E-state index contributed by atoms with van der Waals surface area (Å²) in [5.41, 5.74) is 4.85. The van der Waals surface area contributed by atoms with Crippen LogP contribution in [-0.2, 0) is 12.4 Å². The number of halogens is 1. The molecule has 1 heterocycles. The smallest absolute Gasteiger partial charge is 0.123 e. The summed E-state index contributed by atoms with van der Waals surface area (Å²) in [7, 11) is 2.19. The van der Waals surface area contributed by atoms with E-state index in [0.29, 0.717) is 11.9 Å². The summed E-state index contributed by atoms with van der Waals surface area (Å²) < 4.78 is 0. The fraction of sp³-hybridized carbons (Fsp3) is 0.471. The number of benzene rings is 1. The first-order valence-corrected chi connectivity index (χ1v) is 8.77. The third-order valence-electron chi connectivity index (χ3n) is 4.04. The zero-order chi connectivity index (χ0) is 15.4. The zero-order valence-electron chi connectivity index (χ0n) is 13.2. The summed E-state index contributed by atoms with van der Waals surface area (Å²) in [6, 6.07) is 7.24. The van der Waals surface area contributed by atoms with Gasteiger partial charge in [0.25, 0.3) is 0 Å². The van der Waals surface area contributed by atoms with Gasteiger partial charge in [-0.1, -0.05) is 19.1 Å². The highest BCUT2D eigenvalue weighted by molar-refractivity contribution is 7.13. The van der Waals surface area contributed by atoms with E-state index in [1.165, 1.54) is 23.1 Å². The molecule has 0 aliphatic carbocycles. The minimum absolute atomic E-state index is 0.479. The van der Waals surface area contributed by atoms with E-state index in [-0.39, 0.29) is 0 Å². The minimum Gasteiger partial charge on any atom is -0.299 e. The number of aryl methyl sites for hydroxylation is 1. The van der Waals surface area contributed by atoms with Crippen LogP contribution in [0.25, 0.3) is 10.6 Å². The summed E-state index contributed by atoms with van der Waals surface area (Å²) in [5.74, 6) is 0.479. The van der Waals surface area contributed by atoms with Crippen LogP contribution in [0.3, 0.4) is 0 Å². The molecule has 0 saturated heterocycles. The van der Waals surface area contributed by atoms with E-state index >= 15 is 0 Å². The van der Waals surface area contributed by atoms with E-state index < -0.39 is 0 Å². The van der Waals surface area contributed by atoms with Crippen molar-refractivity contribution >= 4 is 22.9 Å². The Hall–Kier alpha value is -0.900. The Bertz CT molecular complexity index is 594. The fourth-order valence-electron chi connectivity index (χ4n) is 2.24. The number of rotatable bonds is 6. The standard InChI is InChI=1S/C17H23ClN2S/c1-5-13(3)20(4)10-15-7-6-14(8-12(15)2)17-19-16(9-18)11-21-17/h6-8,11,13H,5,9-10H2,1-4H3. The molecule has 0 fully saturated rings. The molecule has 1 unspecified atom stereocenters. The van der Waals surface area contributed by atoms with E-state index in [4.69, 9.17) is 11.6 Å². The van der Waals surface area contributed by atoms with Gasteiger partial charge in [0.05, 0.1) is 11.6 Å². The van der Waals surface area contributed by atoms with Gasteiger partial charge in [-0.15, -0.1) is 22.9 Å². The first-order chi connectivity index (χ1) is 10.0. The van der Waals surface area contributed by atoms with Crippen LogP contribution in [0.15, 0.2) is 23.6 Å². The van der Waals surface area contributed by atoms with Gasteiger partial charge in [0, 0.05) is 23.5 Å². The highest BCUT2D eigenvalue weighted by atomic mass is 35.5. The predicted octanol–water partition coefficient (Wildman–Crippen LogP) is 5.09. The highest BCUT2D eigenvalue weighted by Gasteiger charge is 2.10. The zero-order valence-corrected chi connectivity index (χ0v) is 14.8. The molecular weight excluding hydrogens is 300 g/mol. The SMILES string of the molecule is CCC(C)N(C)Cc1ccc(-c2nc(CCl)cs2)cc1C. The molecule has 0 spiro atoms. The van der Waals surface area contributed by atoms with E-state index in [0.717, 1.165) is 17.2 Å². The molecule has 21 heavy (non-hydrogen) atoms. The number of alkyl halides is 1. The molecule has 0 bridgehead atoms. The van der Waals surface area contributed by atoms with Crippen molar-refractivity contribution in [3.63, 3.8) is 0 Å². The monoisotopic (exact) mass is 322 g/mol. The fourth-order valence-corrected chi connectivity index (χ4v) is 3.29. The van der Waals surface area contributed by atoms with E-state index in [1.54, 1.807) is 11.3 Å². The molecule has 2 aromatic rings. The third kappa shape index (κ3) is 4.06. The summed E-state index contributed by atoms with van der Waals surface area (Å²) in [6.45, 7) is 7.67. The predicted molar refractivity (Wildman–Crippen MR) is 93.1 cm³/mol. The molecule has 0 aliphatic rings. The van der Waals surface area contributed by atoms with Gasteiger partial charge < -0.3 is 0 Å². The van der Waals surface area contributed by atoms with Gasteiger partial charge in [0.15, 0.2) is 0 Å². The Kier molecular flexibility index (Phi) is 5.80. The second-order valence-electron chi connectivity index (χ2n) is 5.59. The molecule has 0 radical (unpaired) electrons. The number of thiazole rings is 1. The second-order valence-corrected chi connectivity index (χ2v) is 6.72. The molecule has 1 aromatic heterocycles. The Morgan fingerprint density at radius 1 is 1.38 bits per heavy atom. The maximum absolute atomic E-state index is 5.82. The van der Waals surface area contributed by atoms with Crippen LogP contribution < -0.4 is 0 Å². The van der Waals surface area contributed by atoms with Crippen molar-refractivity contribution in [2.24, 2.45) is 0 Å².